The smallest absolute Gasteiger partial charge is 0.0673 e. The van der Waals surface area contributed by atoms with E-state index in [4.69, 9.17) is 4.74 Å². The highest BCUT2D eigenvalue weighted by Crippen LogP contribution is 2.20. The van der Waals surface area contributed by atoms with E-state index in [1.54, 1.807) is 0 Å². The highest BCUT2D eigenvalue weighted by molar-refractivity contribution is 4.85. The Morgan fingerprint density at radius 1 is 1.47 bits per heavy atom. The summed E-state index contributed by atoms with van der Waals surface area (Å²) in [5, 5.41) is 12.8. The summed E-state index contributed by atoms with van der Waals surface area (Å²) in [6.45, 7) is 6.52. The van der Waals surface area contributed by atoms with Crippen molar-refractivity contribution in [1.29, 1.82) is 0 Å². The van der Waals surface area contributed by atoms with Crippen LogP contribution in [-0.4, -0.2) is 61.0 Å². The molecular weight excluding hydrogens is 216 g/mol. The van der Waals surface area contributed by atoms with Crippen LogP contribution in [-0.2, 0) is 4.74 Å². The minimum atomic E-state index is 0.260. The van der Waals surface area contributed by atoms with Crippen LogP contribution in [0.1, 0.15) is 32.6 Å². The lowest BCUT2D eigenvalue weighted by molar-refractivity contribution is 0.0668. The van der Waals surface area contributed by atoms with E-state index in [9.17, 15) is 5.11 Å². The molecule has 0 aromatic carbocycles. The fraction of sp³-hybridized carbons (Fsp3) is 1.00. The third-order valence-corrected chi connectivity index (χ3v) is 3.60. The summed E-state index contributed by atoms with van der Waals surface area (Å²) < 4.78 is 5.63. The third kappa shape index (κ3) is 4.92. The van der Waals surface area contributed by atoms with Crippen LogP contribution in [0.25, 0.3) is 0 Å². The standard InChI is InChI=1S/C13H26N2O2/c1-11-9-15(6-2-8-17-11)7-5-13(10-16)14-12-3-4-12/h11-14,16H,2-10H2,1H3. The van der Waals surface area contributed by atoms with Gasteiger partial charge in [0.1, 0.15) is 0 Å². The van der Waals surface area contributed by atoms with Gasteiger partial charge in [-0.1, -0.05) is 0 Å². The average Bonchev–Trinajstić information content (AvgIpc) is 3.13. The second-order valence-electron chi connectivity index (χ2n) is 5.44. The number of rotatable bonds is 6. The highest BCUT2D eigenvalue weighted by atomic mass is 16.5. The molecule has 0 aromatic rings. The SMILES string of the molecule is CC1CN(CCC(CO)NC2CC2)CCCO1. The van der Waals surface area contributed by atoms with Gasteiger partial charge in [0.15, 0.2) is 0 Å². The van der Waals surface area contributed by atoms with Gasteiger partial charge in [-0.15, -0.1) is 0 Å². The van der Waals surface area contributed by atoms with Crippen molar-refractivity contribution in [2.45, 2.75) is 50.8 Å². The Morgan fingerprint density at radius 3 is 3.00 bits per heavy atom. The predicted octanol–water partition coefficient (Wildman–Crippen LogP) is 0.600. The number of nitrogens with one attached hydrogen (secondary N) is 1. The van der Waals surface area contributed by atoms with Crippen molar-refractivity contribution >= 4 is 0 Å². The van der Waals surface area contributed by atoms with Gasteiger partial charge in [0.2, 0.25) is 0 Å². The quantitative estimate of drug-likeness (QED) is 0.716. The largest absolute Gasteiger partial charge is 0.395 e. The Balaban J connectivity index is 1.67. The number of nitrogens with zero attached hydrogens (tertiary/aromatic N) is 1. The molecule has 0 bridgehead atoms. The van der Waals surface area contributed by atoms with Gasteiger partial charge in [0.05, 0.1) is 12.7 Å². The average molecular weight is 242 g/mol. The van der Waals surface area contributed by atoms with Crippen LogP contribution >= 0.6 is 0 Å². The lowest BCUT2D eigenvalue weighted by Gasteiger charge is -2.24. The van der Waals surface area contributed by atoms with E-state index < -0.39 is 0 Å². The van der Waals surface area contributed by atoms with Gasteiger partial charge in [0, 0.05) is 31.8 Å². The van der Waals surface area contributed by atoms with Crippen molar-refractivity contribution in [2.75, 3.05) is 32.8 Å². The molecule has 2 rings (SSSR count). The molecule has 1 saturated carbocycles. The summed E-state index contributed by atoms with van der Waals surface area (Å²) in [6.07, 6.45) is 5.08. The second-order valence-corrected chi connectivity index (χ2v) is 5.44. The molecule has 0 aromatic heterocycles. The van der Waals surface area contributed by atoms with Crippen LogP contribution in [0.2, 0.25) is 0 Å². The van der Waals surface area contributed by atoms with Crippen LogP contribution in [0.3, 0.4) is 0 Å². The van der Waals surface area contributed by atoms with Gasteiger partial charge in [-0.25, -0.2) is 0 Å². The maximum Gasteiger partial charge on any atom is 0.0673 e. The van der Waals surface area contributed by atoms with E-state index in [1.807, 2.05) is 0 Å². The molecule has 2 unspecified atom stereocenters. The monoisotopic (exact) mass is 242 g/mol. The van der Waals surface area contributed by atoms with E-state index >= 15 is 0 Å². The maximum atomic E-state index is 9.33. The van der Waals surface area contributed by atoms with Crippen molar-refractivity contribution in [3.8, 4) is 0 Å². The molecule has 2 N–H and O–H groups in total. The van der Waals surface area contributed by atoms with Crippen molar-refractivity contribution in [2.24, 2.45) is 0 Å². The Bertz CT molecular complexity index is 221. The fourth-order valence-electron chi connectivity index (χ4n) is 2.43. The minimum Gasteiger partial charge on any atom is -0.395 e. The maximum absolute atomic E-state index is 9.33. The lowest BCUT2D eigenvalue weighted by atomic mass is 10.2. The summed E-state index contributed by atoms with van der Waals surface area (Å²) in [5.74, 6) is 0. The van der Waals surface area contributed by atoms with Crippen LogP contribution in [0.5, 0.6) is 0 Å². The van der Waals surface area contributed by atoms with Crippen LogP contribution in [0.15, 0.2) is 0 Å². The zero-order chi connectivity index (χ0) is 12.1. The van der Waals surface area contributed by atoms with Crippen molar-refractivity contribution in [3.63, 3.8) is 0 Å². The predicted molar refractivity (Wildman–Crippen MR) is 68.1 cm³/mol. The summed E-state index contributed by atoms with van der Waals surface area (Å²) in [6, 6.07) is 0.959. The number of hydrogen-bond donors (Lipinski definition) is 2. The molecule has 0 spiro atoms. The number of aliphatic hydroxyl groups excluding tert-OH is 1. The number of ether oxygens (including phenoxy) is 1. The molecule has 1 heterocycles. The van der Waals surface area contributed by atoms with Gasteiger partial charge in [-0.05, 0) is 39.2 Å². The molecule has 2 atom stereocenters. The third-order valence-electron chi connectivity index (χ3n) is 3.60. The molecule has 2 fully saturated rings. The van der Waals surface area contributed by atoms with Gasteiger partial charge in [-0.3, -0.25) is 0 Å². The molecule has 4 heteroatoms. The number of aliphatic hydroxyl groups is 1. The molecule has 1 aliphatic heterocycles. The normalized spacial score (nSPS) is 28.9. The molecular formula is C13H26N2O2. The first-order valence-corrected chi connectivity index (χ1v) is 6.99. The molecule has 0 amide bonds. The van der Waals surface area contributed by atoms with Crippen molar-refractivity contribution < 1.29 is 9.84 Å². The van der Waals surface area contributed by atoms with E-state index in [0.717, 1.165) is 39.1 Å². The Hall–Kier alpha value is -0.160. The summed E-state index contributed by atoms with van der Waals surface area (Å²) in [5.41, 5.74) is 0. The molecule has 1 saturated heterocycles. The first-order valence-electron chi connectivity index (χ1n) is 6.99. The molecule has 0 radical (unpaired) electrons. The highest BCUT2D eigenvalue weighted by Gasteiger charge is 2.24. The van der Waals surface area contributed by atoms with E-state index in [-0.39, 0.29) is 12.6 Å². The fourth-order valence-corrected chi connectivity index (χ4v) is 2.43. The first kappa shape index (κ1) is 13.3. The number of hydrogen-bond acceptors (Lipinski definition) is 4. The van der Waals surface area contributed by atoms with Gasteiger partial charge in [-0.2, -0.15) is 0 Å². The topological polar surface area (TPSA) is 44.7 Å². The zero-order valence-electron chi connectivity index (χ0n) is 10.9. The van der Waals surface area contributed by atoms with Gasteiger partial charge < -0.3 is 20.1 Å². The van der Waals surface area contributed by atoms with E-state index in [2.05, 4.69) is 17.1 Å². The summed E-state index contributed by atoms with van der Waals surface area (Å²) in [4.78, 5) is 2.47. The van der Waals surface area contributed by atoms with Crippen molar-refractivity contribution in [1.82, 2.24) is 10.2 Å². The molecule has 4 nitrogen and oxygen atoms in total. The molecule has 1 aliphatic carbocycles. The van der Waals surface area contributed by atoms with E-state index in [1.165, 1.54) is 12.8 Å². The van der Waals surface area contributed by atoms with Crippen molar-refractivity contribution in [3.05, 3.63) is 0 Å². The van der Waals surface area contributed by atoms with E-state index in [0.29, 0.717) is 12.1 Å². The van der Waals surface area contributed by atoms with Crippen LogP contribution < -0.4 is 5.32 Å². The Kier molecular flexibility index (Phi) is 5.22. The summed E-state index contributed by atoms with van der Waals surface area (Å²) >= 11 is 0. The molecule has 100 valence electrons. The first-order chi connectivity index (χ1) is 8.28. The summed E-state index contributed by atoms with van der Waals surface area (Å²) in [7, 11) is 0. The second kappa shape index (κ2) is 6.69. The Labute approximate surface area is 104 Å². The van der Waals surface area contributed by atoms with Gasteiger partial charge in [0.25, 0.3) is 0 Å². The lowest BCUT2D eigenvalue weighted by Crippen LogP contribution is -2.39. The van der Waals surface area contributed by atoms with Crippen LogP contribution in [0, 0.1) is 0 Å². The zero-order valence-corrected chi connectivity index (χ0v) is 10.9. The van der Waals surface area contributed by atoms with Gasteiger partial charge >= 0.3 is 0 Å². The van der Waals surface area contributed by atoms with Crippen LogP contribution in [0.4, 0.5) is 0 Å². The Morgan fingerprint density at radius 2 is 2.29 bits per heavy atom. The minimum absolute atomic E-state index is 0.260. The molecule has 2 aliphatic rings. The molecule has 17 heavy (non-hydrogen) atoms.